The van der Waals surface area contributed by atoms with Crippen molar-refractivity contribution in [1.29, 1.82) is 0 Å². The number of aromatic carboxylic acids is 1. The predicted molar refractivity (Wildman–Crippen MR) is 168 cm³/mol. The van der Waals surface area contributed by atoms with Gasteiger partial charge in [0.2, 0.25) is 0 Å². The lowest BCUT2D eigenvalue weighted by molar-refractivity contribution is 0.0695. The maximum atomic E-state index is 14.7. The van der Waals surface area contributed by atoms with E-state index in [-0.39, 0.29) is 11.6 Å². The summed E-state index contributed by atoms with van der Waals surface area (Å²) >= 11 is 0. The van der Waals surface area contributed by atoms with Crippen molar-refractivity contribution in [3.8, 4) is 28.3 Å². The summed E-state index contributed by atoms with van der Waals surface area (Å²) < 4.78 is 16.7. The van der Waals surface area contributed by atoms with Gasteiger partial charge in [-0.2, -0.15) is 0 Å². The molecular weight excluding hydrogens is 555 g/mol. The van der Waals surface area contributed by atoms with Crippen molar-refractivity contribution in [3.05, 3.63) is 126 Å². The van der Waals surface area contributed by atoms with E-state index in [4.69, 9.17) is 20.8 Å². The van der Waals surface area contributed by atoms with E-state index >= 15 is 0 Å². The van der Waals surface area contributed by atoms with Gasteiger partial charge in [-0.05, 0) is 61.0 Å². The zero-order valence-electron chi connectivity index (χ0n) is 23.9. The number of aromatic nitrogens is 4. The molecule has 44 heavy (non-hydrogen) atoms. The van der Waals surface area contributed by atoms with Crippen LogP contribution in [0.2, 0.25) is 0 Å². The Balaban J connectivity index is 1.19. The first kappa shape index (κ1) is 27.4. The number of hydrogen-bond acceptors (Lipinski definition) is 6. The molecular formula is C35H29FN6O2. The van der Waals surface area contributed by atoms with Crippen molar-refractivity contribution in [1.82, 2.24) is 24.4 Å². The van der Waals surface area contributed by atoms with Crippen LogP contribution >= 0.6 is 0 Å². The number of nitrogen functional groups attached to an aromatic ring is 1. The number of likely N-dealkylation sites (tertiary alicyclic amines) is 1. The lowest BCUT2D eigenvalue weighted by Gasteiger charge is -2.43. The fourth-order valence-corrected chi connectivity index (χ4v) is 5.89. The number of halogens is 1. The number of carboxylic acid groups (broad SMARTS) is 1. The van der Waals surface area contributed by atoms with E-state index in [1.165, 1.54) is 11.6 Å². The van der Waals surface area contributed by atoms with Crippen LogP contribution in [-0.2, 0) is 0 Å². The minimum absolute atomic E-state index is 0.0495. The molecule has 0 unspecified atom stereocenters. The van der Waals surface area contributed by atoms with Crippen molar-refractivity contribution >= 4 is 23.0 Å². The molecule has 3 aromatic heterocycles. The van der Waals surface area contributed by atoms with Crippen molar-refractivity contribution in [2.45, 2.75) is 18.9 Å². The number of fused-ring (bicyclic) bond motifs is 1. The normalized spacial score (nSPS) is 14.4. The fourth-order valence-electron chi connectivity index (χ4n) is 5.89. The van der Waals surface area contributed by atoms with Crippen molar-refractivity contribution < 1.29 is 14.3 Å². The number of nitrogens with zero attached hydrogens (tertiary/aromatic N) is 5. The third-order valence-electron chi connectivity index (χ3n) is 8.43. The van der Waals surface area contributed by atoms with Crippen LogP contribution in [0, 0.1) is 5.82 Å². The molecule has 0 bridgehead atoms. The summed E-state index contributed by atoms with van der Waals surface area (Å²) in [6.07, 6.45) is 1.66. The van der Waals surface area contributed by atoms with Crippen molar-refractivity contribution in [3.63, 3.8) is 0 Å². The summed E-state index contributed by atoms with van der Waals surface area (Å²) in [5.41, 5.74) is 12.9. The van der Waals surface area contributed by atoms with Gasteiger partial charge in [0, 0.05) is 48.1 Å². The SMILES string of the molecule is C[C@@H](c1ccc(C(=O)O)cc1F)N1CC(c2ccc(-n3c(-c4cccnc4N)nc4ccc(-c5ccccc5)nc43)cc2)C1. The average Bonchev–Trinajstić information content (AvgIpc) is 3.39. The second kappa shape index (κ2) is 11.0. The zero-order chi connectivity index (χ0) is 30.4. The molecule has 0 radical (unpaired) electrons. The number of imidazole rings is 1. The number of hydrogen-bond donors (Lipinski definition) is 2. The van der Waals surface area contributed by atoms with Gasteiger partial charge in [-0.25, -0.2) is 24.1 Å². The van der Waals surface area contributed by atoms with Gasteiger partial charge in [0.25, 0.3) is 0 Å². The smallest absolute Gasteiger partial charge is 0.335 e. The molecule has 7 rings (SSSR count). The van der Waals surface area contributed by atoms with Crippen LogP contribution in [0.15, 0.2) is 103 Å². The van der Waals surface area contributed by atoms with E-state index in [1.807, 2.05) is 66.1 Å². The van der Waals surface area contributed by atoms with E-state index in [0.717, 1.165) is 52.8 Å². The standard InChI is InChI=1S/C35H29FN6O2/c1-21(27-14-11-24(35(43)44)18-29(27)36)41-19-25(20-41)22-9-12-26(13-10-22)42-33(28-8-5-17-38-32(28)37)40-31-16-15-30(39-34(31)42)23-6-3-2-4-7-23/h2-18,21,25H,19-20H2,1H3,(H2,37,38)(H,43,44)/t21-/m0/s1. The first-order valence-corrected chi connectivity index (χ1v) is 14.4. The fraction of sp³-hybridized carbons (Fsp3) is 0.143. The monoisotopic (exact) mass is 584 g/mol. The van der Waals surface area contributed by atoms with Crippen LogP contribution in [-0.4, -0.2) is 48.6 Å². The van der Waals surface area contributed by atoms with Crippen LogP contribution in [0.1, 0.15) is 40.4 Å². The second-order valence-electron chi connectivity index (χ2n) is 11.1. The summed E-state index contributed by atoms with van der Waals surface area (Å²) in [7, 11) is 0. The lowest BCUT2D eigenvalue weighted by Crippen LogP contribution is -2.46. The van der Waals surface area contributed by atoms with Gasteiger partial charge < -0.3 is 10.8 Å². The molecule has 0 spiro atoms. The molecule has 1 saturated heterocycles. The third-order valence-corrected chi connectivity index (χ3v) is 8.43. The number of benzene rings is 3. The van der Waals surface area contributed by atoms with Crippen LogP contribution in [0.5, 0.6) is 0 Å². The van der Waals surface area contributed by atoms with E-state index < -0.39 is 11.8 Å². The van der Waals surface area contributed by atoms with E-state index in [1.54, 1.807) is 12.3 Å². The van der Waals surface area contributed by atoms with Crippen molar-refractivity contribution in [2.24, 2.45) is 0 Å². The third kappa shape index (κ3) is 4.87. The highest BCUT2D eigenvalue weighted by molar-refractivity contribution is 5.87. The molecule has 3 N–H and O–H groups in total. The quantitative estimate of drug-likeness (QED) is 0.214. The first-order valence-electron chi connectivity index (χ1n) is 14.4. The van der Waals surface area contributed by atoms with E-state index in [9.17, 15) is 9.18 Å². The molecule has 1 aliphatic rings. The first-order chi connectivity index (χ1) is 21.4. The van der Waals surface area contributed by atoms with Gasteiger partial charge >= 0.3 is 5.97 Å². The molecule has 218 valence electrons. The summed E-state index contributed by atoms with van der Waals surface area (Å²) in [6, 6.07) is 30.1. The Morgan fingerprint density at radius 1 is 0.955 bits per heavy atom. The molecule has 1 fully saturated rings. The largest absolute Gasteiger partial charge is 0.478 e. The predicted octanol–water partition coefficient (Wildman–Crippen LogP) is 6.73. The summed E-state index contributed by atoms with van der Waals surface area (Å²) in [4.78, 5) is 27.6. The van der Waals surface area contributed by atoms with E-state index in [0.29, 0.717) is 23.1 Å². The summed E-state index contributed by atoms with van der Waals surface area (Å²) in [5, 5.41) is 9.15. The molecule has 0 amide bonds. The molecule has 6 aromatic rings. The number of pyridine rings is 2. The number of rotatable bonds is 7. The number of carbonyl (C=O) groups is 1. The van der Waals surface area contributed by atoms with E-state index in [2.05, 4.69) is 34.1 Å². The number of carboxylic acids is 1. The van der Waals surface area contributed by atoms with Gasteiger partial charge in [0.1, 0.15) is 17.2 Å². The lowest BCUT2D eigenvalue weighted by atomic mass is 9.88. The van der Waals surface area contributed by atoms with Gasteiger partial charge in [0.15, 0.2) is 11.5 Å². The van der Waals surface area contributed by atoms with Gasteiger partial charge in [0.05, 0.1) is 16.8 Å². The van der Waals surface area contributed by atoms with Crippen molar-refractivity contribution in [2.75, 3.05) is 18.8 Å². The minimum Gasteiger partial charge on any atom is -0.478 e. The Hall–Kier alpha value is -5.41. The molecule has 9 heteroatoms. The number of anilines is 1. The van der Waals surface area contributed by atoms with Crippen LogP contribution in [0.25, 0.3) is 39.5 Å². The molecule has 1 atom stereocenters. The Bertz CT molecular complexity index is 2000. The Kier molecular flexibility index (Phi) is 6.87. The van der Waals surface area contributed by atoms with Crippen LogP contribution in [0.4, 0.5) is 10.2 Å². The molecule has 3 aromatic carbocycles. The number of nitrogens with two attached hydrogens (primary N) is 1. The highest BCUT2D eigenvalue weighted by Crippen LogP contribution is 2.37. The molecule has 1 aliphatic heterocycles. The Morgan fingerprint density at radius 3 is 2.43 bits per heavy atom. The Morgan fingerprint density at radius 2 is 1.73 bits per heavy atom. The summed E-state index contributed by atoms with van der Waals surface area (Å²) in [5.74, 6) is -0.282. The summed E-state index contributed by atoms with van der Waals surface area (Å²) in [6.45, 7) is 3.49. The van der Waals surface area contributed by atoms with Gasteiger partial charge in [-0.15, -0.1) is 0 Å². The average molecular weight is 585 g/mol. The highest BCUT2D eigenvalue weighted by Gasteiger charge is 2.33. The maximum Gasteiger partial charge on any atom is 0.335 e. The molecule has 8 nitrogen and oxygen atoms in total. The minimum atomic E-state index is -1.14. The van der Waals surface area contributed by atoms with Crippen LogP contribution in [0.3, 0.4) is 0 Å². The zero-order valence-corrected chi connectivity index (χ0v) is 23.9. The highest BCUT2D eigenvalue weighted by atomic mass is 19.1. The molecule has 0 saturated carbocycles. The topological polar surface area (TPSA) is 110 Å². The van der Waals surface area contributed by atoms with Gasteiger partial charge in [-0.3, -0.25) is 9.47 Å². The Labute approximate surface area is 253 Å². The molecule has 4 heterocycles. The maximum absolute atomic E-state index is 14.7. The molecule has 0 aliphatic carbocycles. The van der Waals surface area contributed by atoms with Crippen LogP contribution < -0.4 is 5.73 Å². The van der Waals surface area contributed by atoms with Gasteiger partial charge in [-0.1, -0.05) is 48.5 Å². The second-order valence-corrected chi connectivity index (χ2v) is 11.1.